The van der Waals surface area contributed by atoms with Crippen molar-refractivity contribution >= 4 is 21.8 Å². The van der Waals surface area contributed by atoms with Gasteiger partial charge in [-0.3, -0.25) is 14.5 Å². The number of hydrogen-bond acceptors (Lipinski definition) is 5. The van der Waals surface area contributed by atoms with Crippen LogP contribution in [-0.2, 0) is 21.4 Å². The Labute approximate surface area is 172 Å². The second kappa shape index (κ2) is 9.19. The minimum absolute atomic E-state index is 0.00538. The predicted octanol–water partition coefficient (Wildman–Crippen LogP) is 1.71. The lowest BCUT2D eigenvalue weighted by Gasteiger charge is -2.24. The number of sulfonamides is 1. The summed E-state index contributed by atoms with van der Waals surface area (Å²) in [6.45, 7) is 2.14. The summed E-state index contributed by atoms with van der Waals surface area (Å²) in [5, 5.41) is 0. The minimum atomic E-state index is -3.56. The fraction of sp³-hybridized carbons (Fsp3) is 0.333. The Bertz CT molecular complexity index is 988. The van der Waals surface area contributed by atoms with Gasteiger partial charge in [-0.15, -0.1) is 0 Å². The first-order chi connectivity index (χ1) is 13.9. The highest BCUT2D eigenvalue weighted by Crippen LogP contribution is 2.22. The van der Waals surface area contributed by atoms with E-state index in [1.54, 1.807) is 24.3 Å². The number of aliphatic imine (C=N–C) groups is 1. The molecule has 0 unspecified atom stereocenters. The molecule has 1 N–H and O–H groups in total. The molecule has 1 heterocycles. The standard InChI is InChI=1S/C21H26N4O3S/c1-24(2)14-15-25(16-17-8-4-3-5-9-17)20(26)12-13-22-21-18-10-6-7-11-19(18)29(27,28)23-21/h3-11H,12-16H2,1-2H3,(H,22,23). The molecule has 2 aromatic carbocycles. The number of nitrogens with one attached hydrogen (secondary N) is 1. The first-order valence-corrected chi connectivity index (χ1v) is 11.0. The normalized spacial score (nSPS) is 15.9. The zero-order valence-corrected chi connectivity index (χ0v) is 17.5. The Morgan fingerprint density at radius 1 is 1.00 bits per heavy atom. The van der Waals surface area contributed by atoms with Crippen LogP contribution in [0, 0.1) is 0 Å². The third-order valence-electron chi connectivity index (χ3n) is 4.64. The largest absolute Gasteiger partial charge is 0.337 e. The van der Waals surface area contributed by atoms with Gasteiger partial charge in [0.1, 0.15) is 5.84 Å². The Hall–Kier alpha value is -2.71. The first-order valence-electron chi connectivity index (χ1n) is 9.50. The molecule has 2 aromatic rings. The number of rotatable bonds is 8. The van der Waals surface area contributed by atoms with Crippen molar-refractivity contribution in [3.8, 4) is 0 Å². The molecule has 0 aromatic heterocycles. The van der Waals surface area contributed by atoms with Gasteiger partial charge in [0, 0.05) is 31.6 Å². The van der Waals surface area contributed by atoms with E-state index in [-0.39, 0.29) is 23.8 Å². The van der Waals surface area contributed by atoms with Gasteiger partial charge in [0.15, 0.2) is 0 Å². The second-order valence-electron chi connectivity index (χ2n) is 7.19. The van der Waals surface area contributed by atoms with Crippen LogP contribution < -0.4 is 4.72 Å². The zero-order chi connectivity index (χ0) is 20.9. The summed E-state index contributed by atoms with van der Waals surface area (Å²) in [5.74, 6) is 0.297. The lowest BCUT2D eigenvalue weighted by atomic mass is 10.2. The molecule has 7 nitrogen and oxygen atoms in total. The molecule has 0 saturated carbocycles. The summed E-state index contributed by atoms with van der Waals surface area (Å²) in [4.78, 5) is 21.2. The number of likely N-dealkylation sites (N-methyl/N-ethyl adjacent to an activating group) is 1. The van der Waals surface area contributed by atoms with Crippen molar-refractivity contribution in [2.75, 3.05) is 33.7 Å². The minimum Gasteiger partial charge on any atom is -0.337 e. The lowest BCUT2D eigenvalue weighted by Crippen LogP contribution is -2.36. The van der Waals surface area contributed by atoms with E-state index in [4.69, 9.17) is 0 Å². The summed E-state index contributed by atoms with van der Waals surface area (Å²) < 4.78 is 26.8. The lowest BCUT2D eigenvalue weighted by molar-refractivity contribution is -0.131. The van der Waals surface area contributed by atoms with Gasteiger partial charge in [0.05, 0.1) is 11.4 Å². The molecule has 0 bridgehead atoms. The Morgan fingerprint density at radius 2 is 1.69 bits per heavy atom. The number of carbonyl (C=O) groups excluding carboxylic acids is 1. The molecule has 1 amide bonds. The molecule has 1 aliphatic rings. The molecule has 3 rings (SSSR count). The highest BCUT2D eigenvalue weighted by Gasteiger charge is 2.30. The summed E-state index contributed by atoms with van der Waals surface area (Å²) in [7, 11) is 0.384. The van der Waals surface area contributed by atoms with Gasteiger partial charge < -0.3 is 9.80 Å². The number of fused-ring (bicyclic) bond motifs is 1. The van der Waals surface area contributed by atoms with Crippen LogP contribution in [0.2, 0.25) is 0 Å². The van der Waals surface area contributed by atoms with Crippen molar-refractivity contribution in [1.82, 2.24) is 14.5 Å². The van der Waals surface area contributed by atoms with E-state index in [1.807, 2.05) is 54.2 Å². The highest BCUT2D eigenvalue weighted by atomic mass is 32.2. The van der Waals surface area contributed by atoms with E-state index in [2.05, 4.69) is 9.71 Å². The Kier molecular flexibility index (Phi) is 6.66. The van der Waals surface area contributed by atoms with Crippen molar-refractivity contribution < 1.29 is 13.2 Å². The zero-order valence-electron chi connectivity index (χ0n) is 16.7. The summed E-state index contributed by atoms with van der Waals surface area (Å²) in [6.07, 6.45) is 0.216. The summed E-state index contributed by atoms with van der Waals surface area (Å²) >= 11 is 0. The molecule has 29 heavy (non-hydrogen) atoms. The molecule has 0 radical (unpaired) electrons. The first kappa shape index (κ1) is 21.0. The van der Waals surface area contributed by atoms with Crippen LogP contribution in [-0.4, -0.2) is 63.7 Å². The molecular weight excluding hydrogens is 388 g/mol. The summed E-state index contributed by atoms with van der Waals surface area (Å²) in [6, 6.07) is 16.6. The quantitative estimate of drug-likeness (QED) is 0.713. The predicted molar refractivity (Wildman–Crippen MR) is 113 cm³/mol. The smallest absolute Gasteiger partial charge is 0.263 e. The van der Waals surface area contributed by atoms with Crippen LogP contribution in [0.15, 0.2) is 64.5 Å². The van der Waals surface area contributed by atoms with Gasteiger partial charge in [0.2, 0.25) is 5.91 Å². The third kappa shape index (κ3) is 5.42. The summed E-state index contributed by atoms with van der Waals surface area (Å²) in [5.41, 5.74) is 1.62. The molecule has 154 valence electrons. The van der Waals surface area contributed by atoms with Crippen molar-refractivity contribution in [1.29, 1.82) is 0 Å². The highest BCUT2D eigenvalue weighted by molar-refractivity contribution is 7.90. The molecule has 0 fully saturated rings. The van der Waals surface area contributed by atoms with Crippen LogP contribution in [0.5, 0.6) is 0 Å². The molecule has 0 spiro atoms. The van der Waals surface area contributed by atoms with Crippen molar-refractivity contribution in [3.05, 3.63) is 65.7 Å². The third-order valence-corrected chi connectivity index (χ3v) is 6.04. The number of amides is 1. The fourth-order valence-corrected chi connectivity index (χ4v) is 4.34. The number of carbonyl (C=O) groups is 1. The van der Waals surface area contributed by atoms with Crippen molar-refractivity contribution in [2.45, 2.75) is 17.9 Å². The molecule has 0 atom stereocenters. The van der Waals surface area contributed by atoms with Crippen LogP contribution in [0.25, 0.3) is 0 Å². The molecular formula is C21H26N4O3S. The number of nitrogens with zero attached hydrogens (tertiary/aromatic N) is 3. The number of amidine groups is 1. The van der Waals surface area contributed by atoms with Crippen LogP contribution >= 0.6 is 0 Å². The fourth-order valence-electron chi connectivity index (χ4n) is 3.09. The van der Waals surface area contributed by atoms with Crippen LogP contribution in [0.3, 0.4) is 0 Å². The maximum absolute atomic E-state index is 12.8. The molecule has 0 saturated heterocycles. The topological polar surface area (TPSA) is 82.1 Å². The second-order valence-corrected chi connectivity index (χ2v) is 8.84. The Balaban J connectivity index is 1.66. The maximum atomic E-state index is 12.8. The average Bonchev–Trinajstić information content (AvgIpc) is 2.96. The Morgan fingerprint density at radius 3 is 2.41 bits per heavy atom. The van der Waals surface area contributed by atoms with Gasteiger partial charge in [0.25, 0.3) is 10.0 Å². The van der Waals surface area contributed by atoms with Gasteiger partial charge in [-0.25, -0.2) is 8.42 Å². The van der Waals surface area contributed by atoms with E-state index in [1.165, 1.54) is 0 Å². The van der Waals surface area contributed by atoms with Crippen molar-refractivity contribution in [2.24, 2.45) is 4.99 Å². The van der Waals surface area contributed by atoms with Gasteiger partial charge >= 0.3 is 0 Å². The van der Waals surface area contributed by atoms with E-state index in [9.17, 15) is 13.2 Å². The van der Waals surface area contributed by atoms with Gasteiger partial charge in [-0.05, 0) is 31.8 Å². The SMILES string of the molecule is CN(C)CCN(Cc1ccccc1)C(=O)CCN=C1NS(=O)(=O)c2ccccc21. The van der Waals surface area contributed by atoms with E-state index >= 15 is 0 Å². The van der Waals surface area contributed by atoms with E-state index < -0.39 is 10.0 Å². The maximum Gasteiger partial charge on any atom is 0.263 e. The number of hydrogen-bond donors (Lipinski definition) is 1. The van der Waals surface area contributed by atoms with Crippen molar-refractivity contribution in [3.63, 3.8) is 0 Å². The molecule has 8 heteroatoms. The van der Waals surface area contributed by atoms with Crippen LogP contribution in [0.1, 0.15) is 17.5 Å². The average molecular weight is 415 g/mol. The monoisotopic (exact) mass is 414 g/mol. The molecule has 1 aliphatic heterocycles. The van der Waals surface area contributed by atoms with E-state index in [0.29, 0.717) is 24.5 Å². The molecule has 0 aliphatic carbocycles. The number of benzene rings is 2. The van der Waals surface area contributed by atoms with E-state index in [0.717, 1.165) is 12.1 Å². The van der Waals surface area contributed by atoms with Gasteiger partial charge in [-0.2, -0.15) is 0 Å². The van der Waals surface area contributed by atoms with Crippen LogP contribution in [0.4, 0.5) is 0 Å². The van der Waals surface area contributed by atoms with Gasteiger partial charge in [-0.1, -0.05) is 42.5 Å².